The fourth-order valence-electron chi connectivity index (χ4n) is 2.34. The van der Waals surface area contributed by atoms with Crippen molar-refractivity contribution in [3.63, 3.8) is 0 Å². The van der Waals surface area contributed by atoms with Gasteiger partial charge in [-0.3, -0.25) is 4.79 Å². The van der Waals surface area contributed by atoms with Crippen LogP contribution >= 0.6 is 0 Å². The quantitative estimate of drug-likeness (QED) is 0.620. The van der Waals surface area contributed by atoms with Gasteiger partial charge in [0.05, 0.1) is 5.56 Å². The molecule has 28 heavy (non-hydrogen) atoms. The third kappa shape index (κ3) is 5.03. The van der Waals surface area contributed by atoms with Gasteiger partial charge in [-0.05, 0) is 42.0 Å². The van der Waals surface area contributed by atoms with Gasteiger partial charge in [0, 0.05) is 11.8 Å². The van der Waals surface area contributed by atoms with Crippen molar-refractivity contribution < 1.29 is 37.0 Å². The first kappa shape index (κ1) is 19.3. The molecule has 0 fully saturated rings. The highest BCUT2D eigenvalue weighted by Gasteiger charge is 2.30. The smallest absolute Gasteiger partial charge is 0.416 e. The molecule has 1 amide bonds. The van der Waals surface area contributed by atoms with E-state index in [4.69, 9.17) is 14.2 Å². The molecule has 2 aromatic carbocycles. The molecule has 0 saturated carbocycles. The van der Waals surface area contributed by atoms with Crippen LogP contribution in [0.2, 0.25) is 0 Å². The highest BCUT2D eigenvalue weighted by molar-refractivity contribution is 5.94. The minimum atomic E-state index is -4.52. The Bertz CT molecular complexity index is 924. The van der Waals surface area contributed by atoms with E-state index < -0.39 is 30.2 Å². The second-order valence-electron chi connectivity index (χ2n) is 5.68. The van der Waals surface area contributed by atoms with Crippen LogP contribution < -0.4 is 14.8 Å². The molecule has 2 aromatic rings. The number of alkyl halides is 3. The fraction of sp³-hybridized carbons (Fsp3) is 0.158. The van der Waals surface area contributed by atoms with Crippen LogP contribution in [0.3, 0.4) is 0 Å². The monoisotopic (exact) mass is 393 g/mol. The van der Waals surface area contributed by atoms with E-state index >= 15 is 0 Å². The van der Waals surface area contributed by atoms with Gasteiger partial charge in [-0.1, -0.05) is 12.1 Å². The summed E-state index contributed by atoms with van der Waals surface area (Å²) in [5.41, 5.74) is -0.282. The second-order valence-corrected chi connectivity index (χ2v) is 5.68. The maximum atomic E-state index is 12.7. The van der Waals surface area contributed by atoms with Crippen molar-refractivity contribution in [1.29, 1.82) is 0 Å². The topological polar surface area (TPSA) is 73.9 Å². The van der Waals surface area contributed by atoms with E-state index in [-0.39, 0.29) is 12.5 Å². The summed E-state index contributed by atoms with van der Waals surface area (Å²) in [7, 11) is 0. The lowest BCUT2D eigenvalue weighted by Gasteiger charge is -2.09. The number of hydrogen-bond donors (Lipinski definition) is 1. The molecule has 1 N–H and O–H groups in total. The number of benzene rings is 2. The summed E-state index contributed by atoms with van der Waals surface area (Å²) in [5, 5.41) is 2.24. The third-order valence-electron chi connectivity index (χ3n) is 3.63. The van der Waals surface area contributed by atoms with Gasteiger partial charge in [-0.25, -0.2) is 4.79 Å². The lowest BCUT2D eigenvalue weighted by atomic mass is 10.2. The summed E-state index contributed by atoms with van der Waals surface area (Å²) < 4.78 is 53.1. The van der Waals surface area contributed by atoms with Gasteiger partial charge in [0.1, 0.15) is 0 Å². The number of ether oxygens (including phenoxy) is 3. The first-order valence-corrected chi connectivity index (χ1v) is 8.03. The van der Waals surface area contributed by atoms with E-state index in [1.807, 2.05) is 0 Å². The molecular weight excluding hydrogens is 379 g/mol. The lowest BCUT2D eigenvalue weighted by Crippen LogP contribution is -2.20. The van der Waals surface area contributed by atoms with E-state index in [9.17, 15) is 22.8 Å². The molecule has 6 nitrogen and oxygen atoms in total. The Morgan fingerprint density at radius 1 is 1.11 bits per heavy atom. The molecule has 0 aromatic heterocycles. The van der Waals surface area contributed by atoms with Crippen molar-refractivity contribution >= 4 is 23.6 Å². The minimum Gasteiger partial charge on any atom is -0.454 e. The van der Waals surface area contributed by atoms with Gasteiger partial charge >= 0.3 is 12.1 Å². The van der Waals surface area contributed by atoms with Crippen LogP contribution in [-0.4, -0.2) is 25.3 Å². The third-order valence-corrected chi connectivity index (χ3v) is 3.63. The van der Waals surface area contributed by atoms with Gasteiger partial charge in [0.15, 0.2) is 18.1 Å². The highest BCUT2D eigenvalue weighted by atomic mass is 19.4. The summed E-state index contributed by atoms with van der Waals surface area (Å²) in [6.07, 6.45) is -1.93. The zero-order valence-corrected chi connectivity index (χ0v) is 14.3. The number of rotatable bonds is 5. The molecule has 3 rings (SSSR count). The molecule has 1 aliphatic heterocycles. The number of halogens is 3. The summed E-state index contributed by atoms with van der Waals surface area (Å²) in [5.74, 6) is -0.386. The zero-order chi connectivity index (χ0) is 20.1. The van der Waals surface area contributed by atoms with Crippen molar-refractivity contribution in [2.45, 2.75) is 6.18 Å². The Hall–Kier alpha value is -3.49. The molecule has 0 atom stereocenters. The molecule has 0 radical (unpaired) electrons. The standard InChI is InChI=1S/C19H14F3NO5/c20-19(21,22)13-2-1-3-14(9-13)23-17(24)10-26-18(25)7-5-12-4-6-15-16(8-12)28-11-27-15/h1-9H,10-11H2,(H,23,24)/b7-5+. The lowest BCUT2D eigenvalue weighted by molar-refractivity contribution is -0.142. The van der Waals surface area contributed by atoms with E-state index in [2.05, 4.69) is 5.32 Å². The Morgan fingerprint density at radius 3 is 2.68 bits per heavy atom. The Balaban J connectivity index is 1.50. The SMILES string of the molecule is O=C(COC(=O)/C=C/c1ccc2c(c1)OCO2)Nc1cccc(C(F)(F)F)c1. The first-order valence-electron chi connectivity index (χ1n) is 8.03. The summed E-state index contributed by atoms with van der Waals surface area (Å²) in [4.78, 5) is 23.5. The highest BCUT2D eigenvalue weighted by Crippen LogP contribution is 2.33. The molecule has 1 aliphatic rings. The number of carbonyl (C=O) groups is 2. The zero-order valence-electron chi connectivity index (χ0n) is 14.3. The molecule has 146 valence electrons. The largest absolute Gasteiger partial charge is 0.454 e. The average Bonchev–Trinajstić information content (AvgIpc) is 3.12. The van der Waals surface area contributed by atoms with Crippen LogP contribution in [0.25, 0.3) is 6.08 Å². The van der Waals surface area contributed by atoms with Gasteiger partial charge in [0.2, 0.25) is 6.79 Å². The number of esters is 1. The predicted molar refractivity (Wildman–Crippen MR) is 92.6 cm³/mol. The van der Waals surface area contributed by atoms with Crippen molar-refractivity contribution in [2.75, 3.05) is 18.7 Å². The predicted octanol–water partition coefficient (Wildman–Crippen LogP) is 3.63. The minimum absolute atomic E-state index is 0.0493. The van der Waals surface area contributed by atoms with Crippen molar-refractivity contribution in [2.24, 2.45) is 0 Å². The van der Waals surface area contributed by atoms with E-state index in [1.54, 1.807) is 18.2 Å². The van der Waals surface area contributed by atoms with Crippen LogP contribution in [-0.2, 0) is 20.5 Å². The fourth-order valence-corrected chi connectivity index (χ4v) is 2.34. The normalized spacial score (nSPS) is 12.8. The summed E-state index contributed by atoms with van der Waals surface area (Å²) >= 11 is 0. The van der Waals surface area contributed by atoms with Crippen LogP contribution in [0.15, 0.2) is 48.5 Å². The van der Waals surface area contributed by atoms with E-state index in [0.29, 0.717) is 17.1 Å². The molecule has 0 aliphatic carbocycles. The maximum Gasteiger partial charge on any atom is 0.416 e. The molecule has 9 heteroatoms. The Kier molecular flexibility index (Phi) is 5.53. The molecular formula is C19H14F3NO5. The van der Waals surface area contributed by atoms with Crippen molar-refractivity contribution in [3.05, 3.63) is 59.7 Å². The molecule has 0 spiro atoms. The second kappa shape index (κ2) is 8.03. The number of nitrogens with one attached hydrogen (secondary N) is 1. The Morgan fingerprint density at radius 2 is 1.89 bits per heavy atom. The summed E-state index contributed by atoms with van der Waals surface area (Å²) in [6, 6.07) is 9.21. The van der Waals surface area contributed by atoms with Crippen LogP contribution in [0.1, 0.15) is 11.1 Å². The maximum absolute atomic E-state index is 12.7. The van der Waals surface area contributed by atoms with E-state index in [0.717, 1.165) is 18.2 Å². The van der Waals surface area contributed by atoms with Gasteiger partial charge in [0.25, 0.3) is 5.91 Å². The molecule has 0 bridgehead atoms. The van der Waals surface area contributed by atoms with E-state index in [1.165, 1.54) is 18.2 Å². The molecule has 0 unspecified atom stereocenters. The van der Waals surface area contributed by atoms with Gasteiger partial charge in [-0.15, -0.1) is 0 Å². The average molecular weight is 393 g/mol. The number of hydrogen-bond acceptors (Lipinski definition) is 5. The van der Waals surface area contributed by atoms with Crippen molar-refractivity contribution in [3.8, 4) is 11.5 Å². The van der Waals surface area contributed by atoms with Crippen molar-refractivity contribution in [1.82, 2.24) is 0 Å². The number of carbonyl (C=O) groups excluding carboxylic acids is 2. The van der Waals surface area contributed by atoms with Crippen LogP contribution in [0.5, 0.6) is 11.5 Å². The number of fused-ring (bicyclic) bond motifs is 1. The van der Waals surface area contributed by atoms with Crippen LogP contribution in [0.4, 0.5) is 18.9 Å². The van der Waals surface area contributed by atoms with Gasteiger partial charge in [-0.2, -0.15) is 13.2 Å². The van der Waals surface area contributed by atoms with Crippen LogP contribution in [0, 0.1) is 0 Å². The Labute approximate surface area is 157 Å². The summed E-state index contributed by atoms with van der Waals surface area (Å²) in [6.45, 7) is -0.508. The first-order chi connectivity index (χ1) is 13.3. The molecule has 0 saturated heterocycles. The number of amides is 1. The molecule has 1 heterocycles. The van der Waals surface area contributed by atoms with Gasteiger partial charge < -0.3 is 19.5 Å². The number of anilines is 1.